The average molecular weight is 212 g/mol. The summed E-state index contributed by atoms with van der Waals surface area (Å²) in [6.45, 7) is 0. The molecule has 0 saturated heterocycles. The third kappa shape index (κ3) is 1.61. The molecular formula is C10H16N2O3. The van der Waals surface area contributed by atoms with Gasteiger partial charge in [0.15, 0.2) is 0 Å². The van der Waals surface area contributed by atoms with Crippen LogP contribution in [0.4, 0.5) is 0 Å². The van der Waals surface area contributed by atoms with Crippen LogP contribution < -0.4 is 11.6 Å². The highest BCUT2D eigenvalue weighted by Gasteiger charge is 2.50. The fourth-order valence-corrected chi connectivity index (χ4v) is 3.28. The molecule has 0 heterocycles. The molecule has 4 N–H and O–H groups in total. The summed E-state index contributed by atoms with van der Waals surface area (Å²) in [5.74, 6) is 3.73. The van der Waals surface area contributed by atoms with Crippen LogP contribution in [0.2, 0.25) is 0 Å². The van der Waals surface area contributed by atoms with Gasteiger partial charge in [-0.15, -0.1) is 0 Å². The Bertz CT molecular complexity index is 284. The molecule has 3 fully saturated rings. The number of hydrogen-bond acceptors (Lipinski definition) is 4. The van der Waals surface area contributed by atoms with Gasteiger partial charge in [0, 0.05) is 0 Å². The quantitative estimate of drug-likeness (QED) is 0.627. The summed E-state index contributed by atoms with van der Waals surface area (Å²) in [6, 6.07) is 0. The summed E-state index contributed by atoms with van der Waals surface area (Å²) in [4.78, 5) is 27.1. The van der Waals surface area contributed by atoms with Gasteiger partial charge in [0.05, 0.1) is 11.8 Å². The normalized spacial score (nSPS) is 38.7. The molecule has 0 aromatic heterocycles. The molecule has 2 bridgehead atoms. The van der Waals surface area contributed by atoms with Crippen molar-refractivity contribution in [3.05, 3.63) is 0 Å². The smallest absolute Gasteiger partial charge is 0.328 e. The van der Waals surface area contributed by atoms with E-state index in [4.69, 9.17) is 11.6 Å². The van der Waals surface area contributed by atoms with Crippen LogP contribution in [0.1, 0.15) is 25.7 Å². The van der Waals surface area contributed by atoms with Crippen LogP contribution in [0, 0.1) is 23.7 Å². The summed E-state index contributed by atoms with van der Waals surface area (Å²) in [6.07, 6.45) is 3.95. The van der Waals surface area contributed by atoms with E-state index in [1.54, 1.807) is 0 Å². The Kier molecular flexibility index (Phi) is 2.65. The number of fused-ring (bicyclic) bond motifs is 3. The highest BCUT2D eigenvalue weighted by Crippen LogP contribution is 2.48. The van der Waals surface area contributed by atoms with E-state index in [-0.39, 0.29) is 23.7 Å². The number of carbonyl (C=O) groups excluding carboxylic acids is 2. The van der Waals surface area contributed by atoms with Crippen molar-refractivity contribution in [2.45, 2.75) is 25.7 Å². The molecule has 1 amide bonds. The number of hydrogen-bond donors (Lipinski definition) is 2. The summed E-state index contributed by atoms with van der Waals surface area (Å²) in [7, 11) is 0. The Labute approximate surface area is 88.1 Å². The minimum Gasteiger partial charge on any atom is -0.373 e. The van der Waals surface area contributed by atoms with Crippen LogP contribution in [0.15, 0.2) is 0 Å². The van der Waals surface area contributed by atoms with Crippen molar-refractivity contribution < 1.29 is 14.4 Å². The Hall–Kier alpha value is -1.10. The monoisotopic (exact) mass is 212 g/mol. The first-order valence-electron chi connectivity index (χ1n) is 5.35. The van der Waals surface area contributed by atoms with E-state index >= 15 is 0 Å². The Balaban J connectivity index is 2.24. The van der Waals surface area contributed by atoms with E-state index in [9.17, 15) is 9.59 Å². The van der Waals surface area contributed by atoms with Gasteiger partial charge in [-0.1, -0.05) is 0 Å². The maximum atomic E-state index is 11.5. The Morgan fingerprint density at radius 1 is 1.00 bits per heavy atom. The van der Waals surface area contributed by atoms with Gasteiger partial charge in [0.25, 0.3) is 0 Å². The number of primary amides is 1. The van der Waals surface area contributed by atoms with Crippen molar-refractivity contribution in [2.75, 3.05) is 0 Å². The van der Waals surface area contributed by atoms with E-state index in [0.717, 1.165) is 25.7 Å². The largest absolute Gasteiger partial charge is 0.373 e. The van der Waals surface area contributed by atoms with Crippen LogP contribution >= 0.6 is 0 Å². The van der Waals surface area contributed by atoms with Crippen LogP contribution in [0.3, 0.4) is 0 Å². The molecule has 0 aromatic rings. The predicted molar refractivity (Wildman–Crippen MR) is 51.9 cm³/mol. The molecule has 84 valence electrons. The lowest BCUT2D eigenvalue weighted by Crippen LogP contribution is -2.50. The Morgan fingerprint density at radius 2 is 1.47 bits per heavy atom. The third-order valence-corrected chi connectivity index (χ3v) is 3.94. The Morgan fingerprint density at radius 3 is 1.87 bits per heavy atom. The summed E-state index contributed by atoms with van der Waals surface area (Å²) in [5, 5.41) is 0. The number of amides is 1. The number of rotatable bonds is 2. The van der Waals surface area contributed by atoms with E-state index in [0.29, 0.717) is 0 Å². The van der Waals surface area contributed by atoms with Gasteiger partial charge < -0.3 is 10.6 Å². The number of carbonyl (C=O) groups is 2. The van der Waals surface area contributed by atoms with Gasteiger partial charge in [0.2, 0.25) is 5.91 Å². The first-order valence-corrected chi connectivity index (χ1v) is 5.35. The van der Waals surface area contributed by atoms with E-state index in [2.05, 4.69) is 4.84 Å². The highest BCUT2D eigenvalue weighted by atomic mass is 16.7. The van der Waals surface area contributed by atoms with Crippen molar-refractivity contribution in [3.63, 3.8) is 0 Å². The molecule has 2 atom stereocenters. The van der Waals surface area contributed by atoms with E-state index in [1.165, 1.54) is 0 Å². The zero-order valence-corrected chi connectivity index (χ0v) is 8.52. The molecule has 3 aliphatic rings. The van der Waals surface area contributed by atoms with Crippen molar-refractivity contribution in [1.82, 2.24) is 0 Å². The fraction of sp³-hybridized carbons (Fsp3) is 0.800. The lowest BCUT2D eigenvalue weighted by molar-refractivity contribution is -0.163. The lowest BCUT2D eigenvalue weighted by Gasteiger charge is -2.45. The van der Waals surface area contributed by atoms with E-state index in [1.807, 2.05) is 0 Å². The zero-order chi connectivity index (χ0) is 11.0. The summed E-state index contributed by atoms with van der Waals surface area (Å²) >= 11 is 0. The van der Waals surface area contributed by atoms with Crippen LogP contribution in [-0.4, -0.2) is 11.9 Å². The second kappa shape index (κ2) is 3.81. The molecule has 0 aromatic carbocycles. The van der Waals surface area contributed by atoms with E-state index < -0.39 is 11.9 Å². The van der Waals surface area contributed by atoms with Gasteiger partial charge in [-0.3, -0.25) is 9.59 Å². The first kappa shape index (κ1) is 10.4. The molecule has 5 nitrogen and oxygen atoms in total. The van der Waals surface area contributed by atoms with Crippen LogP contribution in [-0.2, 0) is 14.4 Å². The molecular weight excluding hydrogens is 196 g/mol. The third-order valence-electron chi connectivity index (χ3n) is 3.94. The van der Waals surface area contributed by atoms with Gasteiger partial charge in [-0.2, -0.15) is 5.90 Å². The topological polar surface area (TPSA) is 95.4 Å². The second-order valence-electron chi connectivity index (χ2n) is 4.57. The number of nitrogens with two attached hydrogens (primary N) is 2. The van der Waals surface area contributed by atoms with Crippen molar-refractivity contribution in [3.8, 4) is 0 Å². The average Bonchev–Trinajstić information content (AvgIpc) is 2.28. The molecule has 0 spiro atoms. The van der Waals surface area contributed by atoms with Crippen molar-refractivity contribution in [2.24, 2.45) is 35.3 Å². The van der Waals surface area contributed by atoms with Gasteiger partial charge in [-0.25, -0.2) is 0 Å². The van der Waals surface area contributed by atoms with Gasteiger partial charge in [-0.05, 0) is 37.5 Å². The minimum atomic E-state index is -0.479. The predicted octanol–water partition coefficient (Wildman–Crippen LogP) is -0.0590. The SMILES string of the molecule is NOC(=O)[C@H]1C2CCC(CC2)[C@@H]1C(N)=O. The van der Waals surface area contributed by atoms with Crippen molar-refractivity contribution >= 4 is 11.9 Å². The molecule has 3 rings (SSSR count). The lowest BCUT2D eigenvalue weighted by atomic mass is 9.58. The molecule has 3 saturated carbocycles. The van der Waals surface area contributed by atoms with Crippen LogP contribution in [0.25, 0.3) is 0 Å². The van der Waals surface area contributed by atoms with Crippen molar-refractivity contribution in [1.29, 1.82) is 0 Å². The van der Waals surface area contributed by atoms with Gasteiger partial charge in [0.1, 0.15) is 0 Å². The highest BCUT2D eigenvalue weighted by molar-refractivity contribution is 5.85. The molecule has 0 radical (unpaired) electrons. The molecule has 3 aliphatic carbocycles. The molecule has 0 unspecified atom stereocenters. The molecule has 0 aliphatic heterocycles. The standard InChI is InChI=1S/C10H16N2O3/c11-9(13)7-5-1-3-6(4-2-5)8(7)10(14)15-12/h5-8H,1-4,12H2,(H2,11,13)/t5?,6?,7-,8-/m0/s1. The van der Waals surface area contributed by atoms with Gasteiger partial charge >= 0.3 is 5.97 Å². The first-order chi connectivity index (χ1) is 7.15. The second-order valence-corrected chi connectivity index (χ2v) is 4.57. The maximum Gasteiger partial charge on any atom is 0.328 e. The molecule has 15 heavy (non-hydrogen) atoms. The fourth-order valence-electron chi connectivity index (χ4n) is 3.28. The minimum absolute atomic E-state index is 0.226. The van der Waals surface area contributed by atoms with Crippen LogP contribution in [0.5, 0.6) is 0 Å². The molecule has 5 heteroatoms. The zero-order valence-electron chi connectivity index (χ0n) is 8.52. The summed E-state index contributed by atoms with van der Waals surface area (Å²) in [5.41, 5.74) is 5.35. The summed E-state index contributed by atoms with van der Waals surface area (Å²) < 4.78 is 0. The maximum absolute atomic E-state index is 11.5.